The molecular weight excluding hydrogens is 298 g/mol. The average molecular weight is 328 g/mol. The van der Waals surface area contributed by atoms with Gasteiger partial charge < -0.3 is 5.32 Å². The molecule has 1 saturated heterocycles. The van der Waals surface area contributed by atoms with Crippen LogP contribution in [0, 0.1) is 5.92 Å². The molecule has 1 spiro atoms. The maximum Gasteiger partial charge on any atom is 0.141 e. The first kappa shape index (κ1) is 17.7. The molecule has 1 saturated carbocycles. The molecule has 6 heteroatoms. The molecule has 0 radical (unpaired) electrons. The fourth-order valence-electron chi connectivity index (χ4n) is 3.91. The van der Waals surface area contributed by atoms with Crippen molar-refractivity contribution in [3.05, 3.63) is 12.2 Å². The lowest BCUT2D eigenvalue weighted by Gasteiger charge is -2.49. The highest BCUT2D eigenvalue weighted by atomic mass is 35.5. The van der Waals surface area contributed by atoms with Crippen molar-refractivity contribution in [3.8, 4) is 0 Å². The van der Waals surface area contributed by atoms with E-state index in [0.29, 0.717) is 11.5 Å². The van der Waals surface area contributed by atoms with Gasteiger partial charge in [-0.1, -0.05) is 33.1 Å². The summed E-state index contributed by atoms with van der Waals surface area (Å²) in [6, 6.07) is 0. The molecule has 0 amide bonds. The van der Waals surface area contributed by atoms with Crippen LogP contribution in [-0.2, 0) is 13.1 Å². The van der Waals surface area contributed by atoms with Gasteiger partial charge in [-0.05, 0) is 18.8 Å². The summed E-state index contributed by atoms with van der Waals surface area (Å²) in [4.78, 5) is 7.22. The van der Waals surface area contributed by atoms with Crippen molar-refractivity contribution in [2.75, 3.05) is 19.6 Å². The molecule has 1 aliphatic heterocycles. The molecule has 1 aliphatic carbocycles. The fourth-order valence-corrected chi connectivity index (χ4v) is 3.91. The summed E-state index contributed by atoms with van der Waals surface area (Å²) in [5.41, 5.74) is 0.366. The minimum absolute atomic E-state index is 0. The second-order valence-corrected chi connectivity index (χ2v) is 7.14. The number of piperazine rings is 1. The summed E-state index contributed by atoms with van der Waals surface area (Å²) < 4.78 is 2.10. The monoisotopic (exact) mass is 327 g/mol. The van der Waals surface area contributed by atoms with Crippen LogP contribution in [0.2, 0.25) is 0 Å². The Labute approximate surface area is 140 Å². The van der Waals surface area contributed by atoms with E-state index in [1.165, 1.54) is 32.1 Å². The summed E-state index contributed by atoms with van der Waals surface area (Å²) in [6.07, 6.45) is 8.52. The van der Waals surface area contributed by atoms with E-state index in [1.54, 1.807) is 6.33 Å². The number of nitrogens with one attached hydrogen (secondary N) is 1. The van der Waals surface area contributed by atoms with E-state index in [9.17, 15) is 0 Å². The van der Waals surface area contributed by atoms with Crippen LogP contribution < -0.4 is 5.32 Å². The van der Waals surface area contributed by atoms with Crippen molar-refractivity contribution < 1.29 is 0 Å². The Morgan fingerprint density at radius 2 is 2.05 bits per heavy atom. The maximum atomic E-state index is 4.53. The number of aromatic nitrogens is 3. The second-order valence-electron chi connectivity index (χ2n) is 7.14. The van der Waals surface area contributed by atoms with Crippen LogP contribution in [0.15, 0.2) is 6.33 Å². The number of halogens is 1. The molecule has 0 atom stereocenters. The molecule has 2 aliphatic rings. The lowest BCUT2D eigenvalue weighted by molar-refractivity contribution is 0.0178. The quantitative estimate of drug-likeness (QED) is 0.922. The number of hydrogen-bond donors (Lipinski definition) is 1. The predicted octanol–water partition coefficient (Wildman–Crippen LogP) is 2.46. The first-order valence-electron chi connectivity index (χ1n) is 8.52. The van der Waals surface area contributed by atoms with E-state index in [2.05, 4.69) is 38.8 Å². The molecule has 126 valence electrons. The highest BCUT2D eigenvalue weighted by Gasteiger charge is 2.40. The smallest absolute Gasteiger partial charge is 0.141 e. The molecule has 5 nitrogen and oxygen atoms in total. The summed E-state index contributed by atoms with van der Waals surface area (Å²) in [5.74, 6) is 1.74. The first-order chi connectivity index (χ1) is 10.2. The van der Waals surface area contributed by atoms with Gasteiger partial charge in [-0.25, -0.2) is 9.67 Å². The zero-order valence-corrected chi connectivity index (χ0v) is 14.7. The zero-order valence-electron chi connectivity index (χ0n) is 13.9. The number of nitrogens with zero attached hydrogens (tertiary/aromatic N) is 4. The normalized spacial score (nSPS) is 22.0. The van der Waals surface area contributed by atoms with Gasteiger partial charge in [0.15, 0.2) is 0 Å². The second kappa shape index (κ2) is 7.75. The van der Waals surface area contributed by atoms with Crippen LogP contribution in [0.25, 0.3) is 0 Å². The third-order valence-electron chi connectivity index (χ3n) is 5.03. The van der Waals surface area contributed by atoms with Crippen molar-refractivity contribution in [1.82, 2.24) is 25.0 Å². The Morgan fingerprint density at radius 1 is 1.27 bits per heavy atom. The van der Waals surface area contributed by atoms with Gasteiger partial charge in [-0.2, -0.15) is 5.10 Å². The van der Waals surface area contributed by atoms with Gasteiger partial charge in [0, 0.05) is 31.7 Å². The van der Waals surface area contributed by atoms with E-state index in [1.807, 2.05) is 0 Å². The van der Waals surface area contributed by atoms with E-state index in [0.717, 1.165) is 38.5 Å². The van der Waals surface area contributed by atoms with Crippen LogP contribution in [0.1, 0.15) is 51.8 Å². The minimum atomic E-state index is 0. The van der Waals surface area contributed by atoms with Crippen LogP contribution in [0.5, 0.6) is 0 Å². The van der Waals surface area contributed by atoms with Crippen molar-refractivity contribution in [1.29, 1.82) is 0 Å². The summed E-state index contributed by atoms with van der Waals surface area (Å²) in [5, 5.41) is 8.04. The Kier molecular flexibility index (Phi) is 6.24. The highest BCUT2D eigenvalue weighted by molar-refractivity contribution is 5.85. The topological polar surface area (TPSA) is 46.0 Å². The van der Waals surface area contributed by atoms with E-state index >= 15 is 0 Å². The van der Waals surface area contributed by atoms with Gasteiger partial charge >= 0.3 is 0 Å². The summed E-state index contributed by atoms with van der Waals surface area (Å²) in [7, 11) is 0. The standard InChI is InChI=1S/C16H29N5.ClH/c1-14(2)10-21-15(18-13-19-21)11-20-9-8-17-12-16(20)6-4-3-5-7-16;/h13-14,17H,3-12H2,1-2H3;1H. The van der Waals surface area contributed by atoms with E-state index < -0.39 is 0 Å². The van der Waals surface area contributed by atoms with E-state index in [-0.39, 0.29) is 12.4 Å². The van der Waals surface area contributed by atoms with Crippen LogP contribution in [-0.4, -0.2) is 44.8 Å². The first-order valence-corrected chi connectivity index (χ1v) is 8.52. The minimum Gasteiger partial charge on any atom is -0.314 e. The molecule has 2 fully saturated rings. The van der Waals surface area contributed by atoms with Crippen LogP contribution >= 0.6 is 12.4 Å². The van der Waals surface area contributed by atoms with Gasteiger partial charge in [0.05, 0.1) is 6.54 Å². The Morgan fingerprint density at radius 3 is 2.77 bits per heavy atom. The highest BCUT2D eigenvalue weighted by Crippen LogP contribution is 2.35. The molecule has 0 bridgehead atoms. The van der Waals surface area contributed by atoms with Crippen LogP contribution in [0.3, 0.4) is 0 Å². The van der Waals surface area contributed by atoms with Crippen molar-refractivity contribution in [3.63, 3.8) is 0 Å². The van der Waals surface area contributed by atoms with Gasteiger partial charge in [-0.15, -0.1) is 12.4 Å². The molecule has 0 unspecified atom stereocenters. The Bertz CT molecular complexity index is 445. The third kappa shape index (κ3) is 3.81. The lowest BCUT2D eigenvalue weighted by atomic mass is 9.79. The molecule has 1 aromatic rings. The lowest BCUT2D eigenvalue weighted by Crippen LogP contribution is -2.61. The van der Waals surface area contributed by atoms with Gasteiger partial charge in [0.1, 0.15) is 12.2 Å². The molecule has 1 N–H and O–H groups in total. The molecule has 0 aromatic carbocycles. The SMILES string of the molecule is CC(C)Cn1ncnc1CN1CCNCC12CCCCC2.Cl. The van der Waals surface area contributed by atoms with Crippen molar-refractivity contribution >= 4 is 12.4 Å². The fraction of sp³-hybridized carbons (Fsp3) is 0.875. The Balaban J connectivity index is 0.00000176. The van der Waals surface area contributed by atoms with Gasteiger partial charge in [-0.3, -0.25) is 4.90 Å². The largest absolute Gasteiger partial charge is 0.314 e. The predicted molar refractivity (Wildman–Crippen MR) is 91.2 cm³/mol. The van der Waals surface area contributed by atoms with Gasteiger partial charge in [0.2, 0.25) is 0 Å². The summed E-state index contributed by atoms with van der Waals surface area (Å²) in [6.45, 7) is 9.76. The molecule has 3 rings (SSSR count). The van der Waals surface area contributed by atoms with Crippen molar-refractivity contribution in [2.45, 2.75) is 64.6 Å². The molecule has 22 heavy (non-hydrogen) atoms. The van der Waals surface area contributed by atoms with Crippen LogP contribution in [0.4, 0.5) is 0 Å². The number of rotatable bonds is 4. The average Bonchev–Trinajstić information content (AvgIpc) is 2.89. The van der Waals surface area contributed by atoms with E-state index in [4.69, 9.17) is 0 Å². The number of hydrogen-bond acceptors (Lipinski definition) is 4. The third-order valence-corrected chi connectivity index (χ3v) is 5.03. The summed E-state index contributed by atoms with van der Waals surface area (Å²) >= 11 is 0. The molecule has 1 aromatic heterocycles. The molecular formula is C16H30ClN5. The Hall–Kier alpha value is -0.650. The maximum absolute atomic E-state index is 4.53. The van der Waals surface area contributed by atoms with Gasteiger partial charge in [0.25, 0.3) is 0 Å². The van der Waals surface area contributed by atoms with Crippen molar-refractivity contribution in [2.24, 2.45) is 5.92 Å². The zero-order chi connectivity index (χ0) is 14.7. The molecule has 2 heterocycles.